The van der Waals surface area contributed by atoms with E-state index < -0.39 is 15.9 Å². The molecule has 1 atom stereocenters. The molecule has 1 aliphatic heterocycles. The lowest BCUT2D eigenvalue weighted by atomic mass is 10.0. The molecule has 0 spiro atoms. The van der Waals surface area contributed by atoms with E-state index in [1.54, 1.807) is 12.1 Å². The number of amides is 1. The second kappa shape index (κ2) is 4.89. The first-order chi connectivity index (χ1) is 9.94. The third-order valence-electron chi connectivity index (χ3n) is 3.41. The third kappa shape index (κ3) is 2.75. The molecule has 1 unspecified atom stereocenters. The van der Waals surface area contributed by atoms with E-state index in [-0.39, 0.29) is 11.7 Å². The van der Waals surface area contributed by atoms with Gasteiger partial charge in [0.2, 0.25) is 0 Å². The Morgan fingerprint density at radius 2 is 1.86 bits per heavy atom. The fourth-order valence-electron chi connectivity index (χ4n) is 2.37. The van der Waals surface area contributed by atoms with Crippen molar-refractivity contribution in [1.29, 1.82) is 0 Å². The van der Waals surface area contributed by atoms with Crippen LogP contribution in [0.25, 0.3) is 10.8 Å². The zero-order valence-electron chi connectivity index (χ0n) is 11.1. The maximum absolute atomic E-state index is 12.3. The van der Waals surface area contributed by atoms with Crippen molar-refractivity contribution in [2.75, 3.05) is 11.5 Å². The number of nitrogens with two attached hydrogens (primary N) is 1. The van der Waals surface area contributed by atoms with E-state index in [9.17, 15) is 13.2 Å². The lowest BCUT2D eigenvalue weighted by Crippen LogP contribution is -2.35. The standard InChI is InChI=1S/C15H14N2O3S/c16-14-8-11-4-2-1-3-10(11)7-13(14)15(18)17-12-5-6-21(19,20)9-12/h1-8,12H,9,16H2,(H,17,18). The second-order valence-electron chi connectivity index (χ2n) is 5.02. The molecule has 0 aliphatic carbocycles. The molecule has 21 heavy (non-hydrogen) atoms. The molecule has 1 heterocycles. The summed E-state index contributed by atoms with van der Waals surface area (Å²) >= 11 is 0. The highest BCUT2D eigenvalue weighted by Gasteiger charge is 2.24. The molecule has 0 radical (unpaired) electrons. The molecule has 3 N–H and O–H groups in total. The van der Waals surface area contributed by atoms with Gasteiger partial charge in [-0.2, -0.15) is 0 Å². The summed E-state index contributed by atoms with van der Waals surface area (Å²) in [7, 11) is -3.19. The minimum atomic E-state index is -3.19. The van der Waals surface area contributed by atoms with Gasteiger partial charge < -0.3 is 11.1 Å². The van der Waals surface area contributed by atoms with Crippen LogP contribution in [0.2, 0.25) is 0 Å². The molecule has 1 aliphatic rings. The van der Waals surface area contributed by atoms with E-state index in [1.165, 1.54) is 6.08 Å². The smallest absolute Gasteiger partial charge is 0.253 e. The molecule has 1 amide bonds. The number of carbonyl (C=O) groups excluding carboxylic acids is 1. The zero-order chi connectivity index (χ0) is 15.0. The van der Waals surface area contributed by atoms with E-state index in [2.05, 4.69) is 5.32 Å². The number of rotatable bonds is 2. The zero-order valence-corrected chi connectivity index (χ0v) is 11.9. The van der Waals surface area contributed by atoms with Crippen molar-refractivity contribution in [1.82, 2.24) is 5.32 Å². The summed E-state index contributed by atoms with van der Waals surface area (Å²) in [6.45, 7) is 0. The first-order valence-electron chi connectivity index (χ1n) is 6.45. The van der Waals surface area contributed by atoms with Gasteiger partial charge in [-0.05, 0) is 29.0 Å². The van der Waals surface area contributed by atoms with Crippen LogP contribution in [-0.4, -0.2) is 26.1 Å². The number of fused-ring (bicyclic) bond motifs is 1. The molecule has 0 fully saturated rings. The topological polar surface area (TPSA) is 89.3 Å². The van der Waals surface area contributed by atoms with Gasteiger partial charge in [0.1, 0.15) is 0 Å². The summed E-state index contributed by atoms with van der Waals surface area (Å²) in [6, 6.07) is 10.5. The van der Waals surface area contributed by atoms with Crippen molar-refractivity contribution in [3.05, 3.63) is 53.4 Å². The van der Waals surface area contributed by atoms with Crippen molar-refractivity contribution in [2.45, 2.75) is 6.04 Å². The van der Waals surface area contributed by atoms with Crippen LogP contribution >= 0.6 is 0 Å². The number of carbonyl (C=O) groups is 1. The monoisotopic (exact) mass is 302 g/mol. The largest absolute Gasteiger partial charge is 0.398 e. The van der Waals surface area contributed by atoms with Gasteiger partial charge in [-0.15, -0.1) is 0 Å². The molecule has 0 saturated carbocycles. The van der Waals surface area contributed by atoms with Gasteiger partial charge >= 0.3 is 0 Å². The fraction of sp³-hybridized carbons (Fsp3) is 0.133. The molecule has 108 valence electrons. The molecule has 0 saturated heterocycles. The lowest BCUT2D eigenvalue weighted by molar-refractivity contribution is 0.0948. The van der Waals surface area contributed by atoms with E-state index in [4.69, 9.17) is 5.73 Å². The number of hydrogen-bond donors (Lipinski definition) is 2. The normalized spacial score (nSPS) is 19.7. The number of nitrogen functional groups attached to an aromatic ring is 1. The van der Waals surface area contributed by atoms with Crippen LogP contribution in [0.4, 0.5) is 5.69 Å². The Morgan fingerprint density at radius 3 is 2.48 bits per heavy atom. The average molecular weight is 302 g/mol. The average Bonchev–Trinajstić information content (AvgIpc) is 2.77. The Labute approximate surface area is 122 Å². The Bertz CT molecular complexity index is 856. The number of sulfone groups is 1. The lowest BCUT2D eigenvalue weighted by Gasteiger charge is -2.12. The van der Waals surface area contributed by atoms with Crippen LogP contribution in [0.1, 0.15) is 10.4 Å². The summed E-state index contributed by atoms with van der Waals surface area (Å²) in [6.07, 6.45) is 1.48. The van der Waals surface area contributed by atoms with Crippen LogP contribution < -0.4 is 11.1 Å². The first kappa shape index (κ1) is 13.6. The van der Waals surface area contributed by atoms with Crippen LogP contribution in [0, 0.1) is 0 Å². The molecule has 6 heteroatoms. The van der Waals surface area contributed by atoms with Crippen molar-refractivity contribution in [3.63, 3.8) is 0 Å². The minimum absolute atomic E-state index is 0.105. The predicted molar refractivity (Wildman–Crippen MR) is 82.5 cm³/mol. The minimum Gasteiger partial charge on any atom is -0.398 e. The number of nitrogens with one attached hydrogen (secondary N) is 1. The number of anilines is 1. The summed E-state index contributed by atoms with van der Waals surface area (Å²) in [5.74, 6) is -0.475. The highest BCUT2D eigenvalue weighted by atomic mass is 32.2. The number of hydrogen-bond acceptors (Lipinski definition) is 4. The maximum atomic E-state index is 12.3. The summed E-state index contributed by atoms with van der Waals surface area (Å²) in [5, 5.41) is 5.66. The Morgan fingerprint density at radius 1 is 1.19 bits per heavy atom. The van der Waals surface area contributed by atoms with Gasteiger partial charge in [-0.1, -0.05) is 24.3 Å². The van der Waals surface area contributed by atoms with Gasteiger partial charge in [-0.25, -0.2) is 8.42 Å². The molecule has 2 aromatic rings. The first-order valence-corrected chi connectivity index (χ1v) is 8.16. The summed E-state index contributed by atoms with van der Waals surface area (Å²) in [5.41, 5.74) is 6.64. The molecule has 2 aromatic carbocycles. The molecule has 5 nitrogen and oxygen atoms in total. The van der Waals surface area contributed by atoms with E-state index in [1.807, 2.05) is 24.3 Å². The quantitative estimate of drug-likeness (QED) is 0.822. The SMILES string of the molecule is Nc1cc2ccccc2cc1C(=O)NC1C=CS(=O)(=O)C1. The Hall–Kier alpha value is -2.34. The van der Waals surface area contributed by atoms with Gasteiger partial charge in [0.05, 0.1) is 17.4 Å². The van der Waals surface area contributed by atoms with Gasteiger partial charge in [-0.3, -0.25) is 4.79 Å². The van der Waals surface area contributed by atoms with Crippen molar-refractivity contribution in [3.8, 4) is 0 Å². The van der Waals surface area contributed by atoms with Crippen LogP contribution in [0.15, 0.2) is 47.9 Å². The Balaban J connectivity index is 1.88. The van der Waals surface area contributed by atoms with Crippen LogP contribution in [-0.2, 0) is 9.84 Å². The molecule has 3 rings (SSSR count). The molecule has 0 bridgehead atoms. The number of benzene rings is 2. The molecular weight excluding hydrogens is 288 g/mol. The van der Waals surface area contributed by atoms with Crippen molar-refractivity contribution < 1.29 is 13.2 Å². The maximum Gasteiger partial charge on any atom is 0.253 e. The Kier molecular flexibility index (Phi) is 3.17. The fourth-order valence-corrected chi connectivity index (χ4v) is 3.60. The highest BCUT2D eigenvalue weighted by molar-refractivity contribution is 7.94. The van der Waals surface area contributed by atoms with Crippen molar-refractivity contribution >= 4 is 32.2 Å². The predicted octanol–water partition coefficient (Wildman–Crippen LogP) is 1.46. The van der Waals surface area contributed by atoms with Crippen LogP contribution in [0.3, 0.4) is 0 Å². The third-order valence-corrected chi connectivity index (χ3v) is 4.80. The molecule has 0 aromatic heterocycles. The van der Waals surface area contributed by atoms with Gasteiger partial charge in [0, 0.05) is 11.1 Å². The van der Waals surface area contributed by atoms with Crippen molar-refractivity contribution in [2.24, 2.45) is 0 Å². The van der Waals surface area contributed by atoms with Gasteiger partial charge in [0.25, 0.3) is 5.91 Å². The molecular formula is C15H14N2O3S. The van der Waals surface area contributed by atoms with Gasteiger partial charge in [0.15, 0.2) is 9.84 Å². The van der Waals surface area contributed by atoms with Crippen LogP contribution in [0.5, 0.6) is 0 Å². The van der Waals surface area contributed by atoms with E-state index in [0.29, 0.717) is 11.3 Å². The summed E-state index contributed by atoms with van der Waals surface area (Å²) in [4.78, 5) is 12.3. The van der Waals surface area contributed by atoms with E-state index >= 15 is 0 Å². The van der Waals surface area contributed by atoms with E-state index in [0.717, 1.165) is 16.2 Å². The second-order valence-corrected chi connectivity index (χ2v) is 6.96. The highest BCUT2D eigenvalue weighted by Crippen LogP contribution is 2.22. The summed E-state index contributed by atoms with van der Waals surface area (Å²) < 4.78 is 22.7.